The van der Waals surface area contributed by atoms with E-state index in [4.69, 9.17) is 9.47 Å². The van der Waals surface area contributed by atoms with E-state index in [1.807, 2.05) is 31.2 Å². The topological polar surface area (TPSA) is 52.0 Å². The lowest BCUT2D eigenvalue weighted by Crippen LogP contribution is -3.11. The van der Waals surface area contributed by atoms with Crippen LogP contribution in [0, 0.1) is 5.82 Å². The quantitative estimate of drug-likeness (QED) is 0.767. The van der Waals surface area contributed by atoms with Crippen LogP contribution < -0.4 is 19.7 Å². The smallest absolute Gasteiger partial charge is 0.279 e. The Morgan fingerprint density at radius 1 is 1.16 bits per heavy atom. The summed E-state index contributed by atoms with van der Waals surface area (Å²) >= 11 is 0. The zero-order valence-corrected chi connectivity index (χ0v) is 14.8. The van der Waals surface area contributed by atoms with Crippen molar-refractivity contribution in [2.75, 3.05) is 32.6 Å². The minimum atomic E-state index is -0.392. The Labute approximate surface area is 147 Å². The van der Waals surface area contributed by atoms with Crippen molar-refractivity contribution < 1.29 is 23.6 Å². The molecule has 2 N–H and O–H groups in total. The van der Waals surface area contributed by atoms with Gasteiger partial charge in [-0.15, -0.1) is 0 Å². The van der Waals surface area contributed by atoms with E-state index in [1.165, 1.54) is 13.2 Å². The van der Waals surface area contributed by atoms with E-state index < -0.39 is 5.82 Å². The highest BCUT2D eigenvalue weighted by Crippen LogP contribution is 2.17. The number of ether oxygens (including phenoxy) is 2. The van der Waals surface area contributed by atoms with E-state index in [0.717, 1.165) is 17.0 Å². The molecule has 0 radical (unpaired) electrons. The van der Waals surface area contributed by atoms with Gasteiger partial charge in [-0.2, -0.15) is 0 Å². The van der Waals surface area contributed by atoms with Crippen molar-refractivity contribution in [1.29, 1.82) is 0 Å². The van der Waals surface area contributed by atoms with Gasteiger partial charge in [0.1, 0.15) is 12.3 Å². The van der Waals surface area contributed by atoms with Gasteiger partial charge in [-0.3, -0.25) is 4.79 Å². The molecular weight excluding hydrogens is 323 g/mol. The molecule has 0 spiro atoms. The van der Waals surface area contributed by atoms with Crippen LogP contribution in [0.3, 0.4) is 0 Å². The Morgan fingerprint density at radius 2 is 1.96 bits per heavy atom. The van der Waals surface area contributed by atoms with Crippen LogP contribution in [-0.2, 0) is 11.3 Å². The van der Waals surface area contributed by atoms with E-state index >= 15 is 0 Å². The van der Waals surface area contributed by atoms with Crippen molar-refractivity contribution in [3.05, 3.63) is 53.8 Å². The Hall–Kier alpha value is -2.60. The normalized spacial score (nSPS) is 11.7. The second-order valence-electron chi connectivity index (χ2n) is 5.71. The van der Waals surface area contributed by atoms with Gasteiger partial charge in [-0.25, -0.2) is 4.39 Å². The molecule has 1 unspecified atom stereocenters. The van der Waals surface area contributed by atoms with Crippen LogP contribution in [0.2, 0.25) is 0 Å². The van der Waals surface area contributed by atoms with Crippen LogP contribution in [0.5, 0.6) is 11.5 Å². The molecule has 1 atom stereocenters. The van der Waals surface area contributed by atoms with Crippen molar-refractivity contribution in [2.24, 2.45) is 0 Å². The van der Waals surface area contributed by atoms with Gasteiger partial charge in [-0.05, 0) is 37.3 Å². The lowest BCUT2D eigenvalue weighted by Gasteiger charge is -2.18. The molecule has 25 heavy (non-hydrogen) atoms. The predicted octanol–water partition coefficient (Wildman–Crippen LogP) is 1.89. The fraction of sp³-hybridized carbons (Fsp3) is 0.316. The zero-order valence-electron chi connectivity index (χ0n) is 14.8. The van der Waals surface area contributed by atoms with E-state index in [2.05, 4.69) is 5.32 Å². The largest absolute Gasteiger partial charge is 0.497 e. The second kappa shape index (κ2) is 9.03. The molecule has 0 aliphatic carbocycles. The number of likely N-dealkylation sites (N-methyl/N-ethyl adjacent to an activating group) is 1. The number of carbonyl (C=O) groups excluding carboxylic acids is 1. The second-order valence-corrected chi connectivity index (χ2v) is 5.71. The number of hydrogen-bond donors (Lipinski definition) is 2. The molecule has 0 fully saturated rings. The highest BCUT2D eigenvalue weighted by Gasteiger charge is 2.15. The summed E-state index contributed by atoms with van der Waals surface area (Å²) in [7, 11) is 3.02. The zero-order chi connectivity index (χ0) is 18.2. The van der Waals surface area contributed by atoms with E-state index in [9.17, 15) is 9.18 Å². The predicted molar refractivity (Wildman–Crippen MR) is 94.7 cm³/mol. The molecule has 0 aromatic heterocycles. The number of quaternary nitrogens is 1. The lowest BCUT2D eigenvalue weighted by atomic mass is 10.2. The third-order valence-corrected chi connectivity index (χ3v) is 3.93. The van der Waals surface area contributed by atoms with Gasteiger partial charge in [0, 0.05) is 17.3 Å². The summed E-state index contributed by atoms with van der Waals surface area (Å²) < 4.78 is 23.9. The van der Waals surface area contributed by atoms with Gasteiger partial charge in [0.25, 0.3) is 5.91 Å². The summed E-state index contributed by atoms with van der Waals surface area (Å²) in [6.07, 6.45) is 0. The number of carbonyl (C=O) groups is 1. The van der Waals surface area contributed by atoms with Crippen LogP contribution in [-0.4, -0.2) is 33.2 Å². The van der Waals surface area contributed by atoms with Crippen LogP contribution in [0.15, 0.2) is 42.5 Å². The number of halogens is 1. The third-order valence-electron chi connectivity index (χ3n) is 3.93. The van der Waals surface area contributed by atoms with Crippen molar-refractivity contribution in [3.63, 3.8) is 0 Å². The molecule has 6 heteroatoms. The van der Waals surface area contributed by atoms with Gasteiger partial charge < -0.3 is 19.7 Å². The summed E-state index contributed by atoms with van der Waals surface area (Å²) in [6, 6.07) is 12.1. The van der Waals surface area contributed by atoms with Gasteiger partial charge in [0.2, 0.25) is 0 Å². The molecule has 0 aliphatic rings. The minimum absolute atomic E-state index is 0.0981. The Bertz CT molecular complexity index is 722. The number of hydrogen-bond acceptors (Lipinski definition) is 3. The molecule has 5 nitrogen and oxygen atoms in total. The number of anilines is 1. The Kier molecular flexibility index (Phi) is 6.77. The number of rotatable bonds is 8. The van der Waals surface area contributed by atoms with Crippen LogP contribution >= 0.6 is 0 Å². The fourth-order valence-electron chi connectivity index (χ4n) is 2.55. The van der Waals surface area contributed by atoms with Gasteiger partial charge in [0.15, 0.2) is 18.1 Å². The standard InChI is InChI=1S/C19H23FN2O3/c1-4-22(12-14-8-9-18(25-3)17(20)10-14)13-19(23)21-15-6-5-7-16(11-15)24-2/h5-11H,4,12-13H2,1-3H3,(H,21,23)/p+1. The molecule has 0 saturated heterocycles. The summed E-state index contributed by atoms with van der Waals surface area (Å²) in [5.41, 5.74) is 1.51. The first-order valence-electron chi connectivity index (χ1n) is 8.15. The first-order chi connectivity index (χ1) is 12.0. The molecular formula is C19H24FN2O3+. The molecule has 0 saturated carbocycles. The molecule has 2 rings (SSSR count). The lowest BCUT2D eigenvalue weighted by molar-refractivity contribution is -0.903. The number of nitrogens with one attached hydrogen (secondary N) is 2. The average molecular weight is 347 g/mol. The van der Waals surface area contributed by atoms with Crippen molar-refractivity contribution >= 4 is 11.6 Å². The fourth-order valence-corrected chi connectivity index (χ4v) is 2.55. The molecule has 134 valence electrons. The van der Waals surface area contributed by atoms with E-state index in [1.54, 1.807) is 19.2 Å². The number of methoxy groups -OCH3 is 2. The van der Waals surface area contributed by atoms with Crippen molar-refractivity contribution in [1.82, 2.24) is 0 Å². The van der Waals surface area contributed by atoms with Crippen molar-refractivity contribution in [3.8, 4) is 11.5 Å². The number of amides is 1. The molecule has 2 aromatic carbocycles. The van der Waals surface area contributed by atoms with Crippen molar-refractivity contribution in [2.45, 2.75) is 13.5 Å². The van der Waals surface area contributed by atoms with Crippen LogP contribution in [0.1, 0.15) is 12.5 Å². The molecule has 1 amide bonds. The summed E-state index contributed by atoms with van der Waals surface area (Å²) in [4.78, 5) is 13.3. The Balaban J connectivity index is 1.96. The van der Waals surface area contributed by atoms with E-state index in [-0.39, 0.29) is 11.7 Å². The molecule has 2 aromatic rings. The maximum atomic E-state index is 13.8. The van der Waals surface area contributed by atoms with Gasteiger partial charge in [0.05, 0.1) is 20.8 Å². The monoisotopic (exact) mass is 347 g/mol. The number of benzene rings is 2. The summed E-state index contributed by atoms with van der Waals surface area (Å²) in [6.45, 7) is 3.59. The van der Waals surface area contributed by atoms with Crippen LogP contribution in [0.4, 0.5) is 10.1 Å². The maximum absolute atomic E-state index is 13.8. The molecule has 0 aliphatic heterocycles. The van der Waals surface area contributed by atoms with E-state index in [0.29, 0.717) is 24.5 Å². The average Bonchev–Trinajstić information content (AvgIpc) is 2.61. The van der Waals surface area contributed by atoms with Crippen LogP contribution in [0.25, 0.3) is 0 Å². The summed E-state index contributed by atoms with van der Waals surface area (Å²) in [5.74, 6) is 0.416. The highest BCUT2D eigenvalue weighted by atomic mass is 19.1. The Morgan fingerprint density at radius 3 is 2.60 bits per heavy atom. The third kappa shape index (κ3) is 5.46. The first-order valence-corrected chi connectivity index (χ1v) is 8.15. The maximum Gasteiger partial charge on any atom is 0.279 e. The molecule has 0 heterocycles. The first kappa shape index (κ1) is 18.7. The van der Waals surface area contributed by atoms with Gasteiger partial charge >= 0.3 is 0 Å². The highest BCUT2D eigenvalue weighted by molar-refractivity contribution is 5.91. The SMILES string of the molecule is CC[NH+](CC(=O)Nc1cccc(OC)c1)Cc1ccc(OC)c(F)c1. The summed E-state index contributed by atoms with van der Waals surface area (Å²) in [5, 5.41) is 2.86. The minimum Gasteiger partial charge on any atom is -0.497 e. The van der Waals surface area contributed by atoms with Gasteiger partial charge in [-0.1, -0.05) is 6.07 Å². The molecule has 0 bridgehead atoms.